The highest BCUT2D eigenvalue weighted by Crippen LogP contribution is 2.24. The fraction of sp³-hybridized carbons (Fsp3) is 0.483. The van der Waals surface area contributed by atoms with Crippen molar-refractivity contribution < 1.29 is 14.3 Å². The lowest BCUT2D eigenvalue weighted by atomic mass is 10.0. The van der Waals surface area contributed by atoms with E-state index in [0.717, 1.165) is 49.1 Å². The lowest BCUT2D eigenvalue weighted by molar-refractivity contribution is -0.136. The number of amides is 2. The molecule has 0 spiro atoms. The van der Waals surface area contributed by atoms with E-state index in [0.29, 0.717) is 43.7 Å². The van der Waals surface area contributed by atoms with Crippen molar-refractivity contribution in [2.75, 3.05) is 35.7 Å². The summed E-state index contributed by atoms with van der Waals surface area (Å²) in [5, 5.41) is 14.4. The summed E-state index contributed by atoms with van der Waals surface area (Å²) in [5.74, 6) is 0.982. The Morgan fingerprint density at radius 2 is 2.05 bits per heavy atom. The maximum absolute atomic E-state index is 13.1. The number of piperidine rings is 1. The summed E-state index contributed by atoms with van der Waals surface area (Å²) in [6.45, 7) is 10.3. The smallest absolute Gasteiger partial charge is 0.247 e. The highest BCUT2D eigenvalue weighted by Gasteiger charge is 2.31. The summed E-state index contributed by atoms with van der Waals surface area (Å²) in [7, 11) is 0. The number of nitrogens with one attached hydrogen (secondary N) is 3. The Balaban J connectivity index is 0.00000387. The summed E-state index contributed by atoms with van der Waals surface area (Å²) in [6, 6.07) is 7.32. The van der Waals surface area contributed by atoms with Crippen molar-refractivity contribution in [2.45, 2.75) is 70.5 Å². The summed E-state index contributed by atoms with van der Waals surface area (Å²) < 4.78 is 7.35. The molecule has 1 unspecified atom stereocenters. The fourth-order valence-electron chi connectivity index (χ4n) is 5.27. The number of carbonyl (C=O) groups excluding carboxylic acids is 2. The zero-order chi connectivity index (χ0) is 28.1. The molecule has 2 aliphatic heterocycles. The lowest BCUT2D eigenvalue weighted by Gasteiger charge is -2.34. The van der Waals surface area contributed by atoms with Crippen LogP contribution in [0.1, 0.15) is 63.0 Å². The van der Waals surface area contributed by atoms with Gasteiger partial charge >= 0.3 is 0 Å². The first-order valence-corrected chi connectivity index (χ1v) is 14.1. The van der Waals surface area contributed by atoms with Crippen LogP contribution in [0.15, 0.2) is 43.1 Å². The van der Waals surface area contributed by atoms with Gasteiger partial charge < -0.3 is 25.6 Å². The number of likely N-dealkylation sites (tertiary alicyclic amines) is 1. The second-order valence-electron chi connectivity index (χ2n) is 10.7. The zero-order valence-corrected chi connectivity index (χ0v) is 24.7. The van der Waals surface area contributed by atoms with Gasteiger partial charge in [0, 0.05) is 30.9 Å². The fourth-order valence-corrected chi connectivity index (χ4v) is 5.27. The molecule has 2 amide bonds. The normalized spacial score (nSPS) is 19.0. The van der Waals surface area contributed by atoms with Crippen LogP contribution in [0.2, 0.25) is 0 Å². The van der Waals surface area contributed by atoms with Crippen molar-refractivity contribution in [3.63, 3.8) is 0 Å². The molecule has 0 aliphatic carbocycles. The van der Waals surface area contributed by atoms with Crippen LogP contribution in [0.25, 0.3) is 5.65 Å². The van der Waals surface area contributed by atoms with Crippen molar-refractivity contribution in [1.29, 1.82) is 0 Å². The number of nitrogens with zero attached hydrogens (tertiary/aromatic N) is 5. The summed E-state index contributed by atoms with van der Waals surface area (Å²) >= 11 is 0. The van der Waals surface area contributed by atoms with Gasteiger partial charge in [-0.2, -0.15) is 33.1 Å². The van der Waals surface area contributed by atoms with E-state index in [2.05, 4.69) is 41.5 Å². The first kappa shape index (κ1) is 30.3. The Morgan fingerprint density at radius 3 is 2.80 bits per heavy atom. The second kappa shape index (κ2) is 13.8. The maximum Gasteiger partial charge on any atom is 0.247 e. The number of fused-ring (bicyclic) bond motifs is 1. The van der Waals surface area contributed by atoms with E-state index in [1.165, 1.54) is 6.08 Å². The molecule has 2 aliphatic rings. The van der Waals surface area contributed by atoms with Crippen LogP contribution >= 0.6 is 13.5 Å². The molecule has 0 saturated carbocycles. The Labute approximate surface area is 247 Å². The molecule has 12 heteroatoms. The Kier molecular flexibility index (Phi) is 10.2. The largest absolute Gasteiger partial charge is 0.379 e. The number of aromatic nitrogens is 4. The van der Waals surface area contributed by atoms with Crippen LogP contribution in [0.4, 0.5) is 17.6 Å². The molecule has 220 valence electrons. The molecule has 1 aromatic carbocycles. The van der Waals surface area contributed by atoms with E-state index in [1.807, 2.05) is 30.5 Å². The van der Waals surface area contributed by atoms with E-state index in [9.17, 15) is 9.59 Å². The van der Waals surface area contributed by atoms with E-state index >= 15 is 0 Å². The molecular weight excluding hydrogens is 540 g/mol. The Bertz CT molecular complexity index is 1370. The zero-order valence-electron chi connectivity index (χ0n) is 23.7. The minimum absolute atomic E-state index is 0. The maximum atomic E-state index is 13.1. The van der Waals surface area contributed by atoms with Gasteiger partial charge in [-0.15, -0.1) is 0 Å². The molecule has 41 heavy (non-hydrogen) atoms. The summed E-state index contributed by atoms with van der Waals surface area (Å²) in [6.07, 6.45) is 7.57. The van der Waals surface area contributed by atoms with Crippen LogP contribution in [0, 0.1) is 0 Å². The van der Waals surface area contributed by atoms with Crippen LogP contribution in [-0.4, -0.2) is 68.1 Å². The molecule has 3 N–H and O–H groups in total. The van der Waals surface area contributed by atoms with Crippen LogP contribution < -0.4 is 16.0 Å². The lowest BCUT2D eigenvalue weighted by Crippen LogP contribution is -2.49. The third-order valence-corrected chi connectivity index (χ3v) is 7.42. The van der Waals surface area contributed by atoms with Gasteiger partial charge in [0.1, 0.15) is 6.04 Å². The molecule has 0 radical (unpaired) electrons. The van der Waals surface area contributed by atoms with Gasteiger partial charge in [0.2, 0.25) is 23.7 Å². The summed E-state index contributed by atoms with van der Waals surface area (Å²) in [4.78, 5) is 36.5. The number of carbonyl (C=O) groups is 2. The number of anilines is 3. The average Bonchev–Trinajstić information content (AvgIpc) is 3.41. The van der Waals surface area contributed by atoms with Gasteiger partial charge in [0.05, 0.1) is 18.8 Å². The summed E-state index contributed by atoms with van der Waals surface area (Å²) in [5.41, 5.74) is 3.44. The van der Waals surface area contributed by atoms with E-state index in [-0.39, 0.29) is 37.3 Å². The number of benzene rings is 1. The molecule has 4 heterocycles. The highest BCUT2D eigenvalue weighted by atomic mass is 32.1. The van der Waals surface area contributed by atoms with Gasteiger partial charge in [0.15, 0.2) is 5.65 Å². The molecule has 2 aromatic heterocycles. The van der Waals surface area contributed by atoms with Gasteiger partial charge in [-0.25, -0.2) is 0 Å². The number of ether oxygens (including phenoxy) is 1. The molecule has 5 rings (SSSR count). The van der Waals surface area contributed by atoms with Crippen molar-refractivity contribution in [3.05, 3.63) is 54.2 Å². The standard InChI is InChI=1S/C29H38N8O3.H2S/c1-4-25(38)36-13-6-5-12-24(36)27(39)32-21-10-7-9-20(15-21)16-30-29-35-28(33-22-11-8-14-40-18-22)34-26-23(19(2)3)17-31-37(26)29;/h4,7,9-10,15,17,19,22,24H,1,5-6,8,11-14,16,18H2,2-3H3,(H,32,39)(H2,30,33,34,35);1H2/t22-,24?;/m0./s1. The van der Waals surface area contributed by atoms with Crippen molar-refractivity contribution >= 4 is 48.5 Å². The monoisotopic (exact) mass is 580 g/mol. The van der Waals surface area contributed by atoms with Crippen molar-refractivity contribution in [2.24, 2.45) is 0 Å². The molecule has 2 saturated heterocycles. The van der Waals surface area contributed by atoms with Crippen LogP contribution in [0.5, 0.6) is 0 Å². The molecule has 3 aromatic rings. The second-order valence-corrected chi connectivity index (χ2v) is 10.7. The molecule has 2 atom stereocenters. The van der Waals surface area contributed by atoms with E-state index < -0.39 is 6.04 Å². The van der Waals surface area contributed by atoms with Gasteiger partial charge in [-0.1, -0.05) is 32.6 Å². The highest BCUT2D eigenvalue weighted by molar-refractivity contribution is 7.59. The van der Waals surface area contributed by atoms with Crippen molar-refractivity contribution in [1.82, 2.24) is 24.5 Å². The number of rotatable bonds is 9. The first-order chi connectivity index (χ1) is 19.4. The topological polar surface area (TPSA) is 126 Å². The van der Waals surface area contributed by atoms with Gasteiger partial charge in [-0.05, 0) is 61.8 Å². The average molecular weight is 581 g/mol. The molecular formula is C29H40N8O3S. The number of hydrogen-bond acceptors (Lipinski definition) is 8. The van der Waals surface area contributed by atoms with Crippen LogP contribution in [-0.2, 0) is 20.9 Å². The third-order valence-electron chi connectivity index (χ3n) is 7.42. The van der Waals surface area contributed by atoms with Gasteiger partial charge in [0.25, 0.3) is 0 Å². The molecule has 11 nitrogen and oxygen atoms in total. The molecule has 0 bridgehead atoms. The first-order valence-electron chi connectivity index (χ1n) is 14.1. The predicted octanol–water partition coefficient (Wildman–Crippen LogP) is 4.07. The quantitative estimate of drug-likeness (QED) is 0.324. The van der Waals surface area contributed by atoms with Crippen LogP contribution in [0.3, 0.4) is 0 Å². The van der Waals surface area contributed by atoms with E-state index in [4.69, 9.17) is 14.7 Å². The SMILES string of the molecule is C=CC(=O)N1CCCCC1C(=O)Nc1cccc(CNc2nc(N[C@H]3CCCOC3)nc3c(C(C)C)cnn23)c1.S. The Morgan fingerprint density at radius 1 is 1.20 bits per heavy atom. The minimum atomic E-state index is -0.495. The molecule has 2 fully saturated rings. The minimum Gasteiger partial charge on any atom is -0.379 e. The number of hydrogen-bond donors (Lipinski definition) is 3. The van der Waals surface area contributed by atoms with E-state index in [1.54, 1.807) is 9.42 Å². The third kappa shape index (κ3) is 7.17. The predicted molar refractivity (Wildman–Crippen MR) is 165 cm³/mol. The van der Waals surface area contributed by atoms with Gasteiger partial charge in [-0.3, -0.25) is 9.59 Å². The van der Waals surface area contributed by atoms with Crippen molar-refractivity contribution in [3.8, 4) is 0 Å². The Hall–Kier alpha value is -3.64.